The van der Waals surface area contributed by atoms with Gasteiger partial charge in [0, 0.05) is 5.41 Å². The van der Waals surface area contributed by atoms with E-state index in [1.165, 1.54) is 0 Å². The Morgan fingerprint density at radius 3 is 2.22 bits per heavy atom. The molecule has 0 heterocycles. The number of ketones is 1. The lowest BCUT2D eigenvalue weighted by Crippen LogP contribution is -2.17. The van der Waals surface area contributed by atoms with E-state index >= 15 is 0 Å². The minimum absolute atomic E-state index is 0.127. The molecule has 0 aliphatic rings. The first kappa shape index (κ1) is 14.2. The summed E-state index contributed by atoms with van der Waals surface area (Å²) in [6.07, 6.45) is 7.20. The van der Waals surface area contributed by atoms with Gasteiger partial charge in [-0.05, 0) is 23.8 Å². The van der Waals surface area contributed by atoms with E-state index in [9.17, 15) is 4.79 Å². The van der Waals surface area contributed by atoms with Crippen molar-refractivity contribution in [2.24, 2.45) is 5.41 Å². The van der Waals surface area contributed by atoms with Crippen LogP contribution in [0.3, 0.4) is 0 Å². The number of methoxy groups -OCH3 is 1. The number of carbonyl (C=O) groups excluding carboxylic acids is 1. The molecule has 0 aliphatic carbocycles. The molecule has 2 heteroatoms. The van der Waals surface area contributed by atoms with E-state index in [0.717, 1.165) is 11.3 Å². The molecule has 0 atom stereocenters. The van der Waals surface area contributed by atoms with Gasteiger partial charge in [-0.3, -0.25) is 4.79 Å². The van der Waals surface area contributed by atoms with Crippen LogP contribution in [-0.4, -0.2) is 12.9 Å². The molecule has 0 saturated carbocycles. The van der Waals surface area contributed by atoms with Gasteiger partial charge in [0.1, 0.15) is 5.75 Å². The van der Waals surface area contributed by atoms with E-state index in [0.29, 0.717) is 0 Å². The molecule has 96 valence electrons. The molecule has 0 fully saturated rings. The Kier molecular flexibility index (Phi) is 4.90. The Morgan fingerprint density at radius 1 is 1.11 bits per heavy atom. The normalized spacial score (nSPS) is 12.2. The Labute approximate surface area is 109 Å². The van der Waals surface area contributed by atoms with Gasteiger partial charge >= 0.3 is 0 Å². The smallest absolute Gasteiger partial charge is 0.160 e. The second-order valence-electron chi connectivity index (χ2n) is 5.11. The van der Waals surface area contributed by atoms with Crippen molar-refractivity contribution < 1.29 is 9.53 Å². The third-order valence-electron chi connectivity index (χ3n) is 2.50. The molecule has 0 aliphatic heterocycles. The average molecular weight is 244 g/mol. The highest BCUT2D eigenvalue weighted by molar-refractivity contribution is 5.94. The fourth-order valence-electron chi connectivity index (χ4n) is 1.27. The van der Waals surface area contributed by atoms with Crippen molar-refractivity contribution in [3.8, 4) is 5.75 Å². The van der Waals surface area contributed by atoms with Gasteiger partial charge in [-0.25, -0.2) is 0 Å². The highest BCUT2D eigenvalue weighted by Crippen LogP contribution is 2.15. The van der Waals surface area contributed by atoms with Crippen LogP contribution in [0.25, 0.3) is 6.08 Å². The van der Waals surface area contributed by atoms with E-state index in [-0.39, 0.29) is 11.2 Å². The zero-order valence-corrected chi connectivity index (χ0v) is 11.4. The predicted molar refractivity (Wildman–Crippen MR) is 75.6 cm³/mol. The number of hydrogen-bond donors (Lipinski definition) is 0. The van der Waals surface area contributed by atoms with Gasteiger partial charge in [-0.2, -0.15) is 0 Å². The van der Waals surface area contributed by atoms with Gasteiger partial charge in [-0.1, -0.05) is 51.1 Å². The first-order valence-electron chi connectivity index (χ1n) is 5.97. The van der Waals surface area contributed by atoms with Crippen LogP contribution in [0.1, 0.15) is 26.3 Å². The Bertz CT molecular complexity index is 445. The van der Waals surface area contributed by atoms with Crippen molar-refractivity contribution in [1.29, 1.82) is 0 Å². The van der Waals surface area contributed by atoms with E-state index < -0.39 is 0 Å². The molecule has 0 radical (unpaired) electrons. The van der Waals surface area contributed by atoms with Crippen molar-refractivity contribution in [2.75, 3.05) is 7.11 Å². The fraction of sp³-hybridized carbons (Fsp3) is 0.312. The maximum absolute atomic E-state index is 11.6. The quantitative estimate of drug-likeness (QED) is 0.593. The van der Waals surface area contributed by atoms with Crippen LogP contribution in [0, 0.1) is 5.41 Å². The van der Waals surface area contributed by atoms with E-state index in [1.54, 1.807) is 19.3 Å². The number of hydrogen-bond acceptors (Lipinski definition) is 2. The number of carbonyl (C=O) groups is 1. The van der Waals surface area contributed by atoms with Gasteiger partial charge in [0.2, 0.25) is 0 Å². The first-order chi connectivity index (χ1) is 8.43. The molecule has 0 amide bonds. The summed E-state index contributed by atoms with van der Waals surface area (Å²) >= 11 is 0. The molecule has 0 N–H and O–H groups in total. The Hall–Kier alpha value is -1.83. The van der Waals surface area contributed by atoms with Crippen molar-refractivity contribution in [1.82, 2.24) is 0 Å². The summed E-state index contributed by atoms with van der Waals surface area (Å²) in [6, 6.07) is 7.75. The third kappa shape index (κ3) is 4.58. The molecule has 2 nitrogen and oxygen atoms in total. The molecule has 0 bridgehead atoms. The molecule has 1 aromatic rings. The molecule has 1 rings (SSSR count). The van der Waals surface area contributed by atoms with Crippen LogP contribution in [-0.2, 0) is 4.79 Å². The fourth-order valence-corrected chi connectivity index (χ4v) is 1.27. The molecule has 1 aromatic carbocycles. The number of ether oxygens (including phenoxy) is 1. The summed E-state index contributed by atoms with van der Waals surface area (Å²) in [5, 5.41) is 0. The lowest BCUT2D eigenvalue weighted by Gasteiger charge is -2.12. The second kappa shape index (κ2) is 6.20. The zero-order valence-electron chi connectivity index (χ0n) is 11.4. The summed E-state index contributed by atoms with van der Waals surface area (Å²) in [5.74, 6) is 0.965. The minimum atomic E-state index is -0.315. The second-order valence-corrected chi connectivity index (χ2v) is 5.11. The van der Waals surface area contributed by atoms with Crippen molar-refractivity contribution in [3.05, 3.63) is 48.1 Å². The van der Waals surface area contributed by atoms with E-state index in [4.69, 9.17) is 4.74 Å². The van der Waals surface area contributed by atoms with Crippen molar-refractivity contribution in [2.45, 2.75) is 20.8 Å². The summed E-state index contributed by atoms with van der Waals surface area (Å²) in [7, 11) is 1.64. The van der Waals surface area contributed by atoms with E-state index in [2.05, 4.69) is 0 Å². The lowest BCUT2D eigenvalue weighted by molar-refractivity contribution is -0.121. The predicted octanol–water partition coefficient (Wildman–Crippen LogP) is 3.88. The maximum Gasteiger partial charge on any atom is 0.160 e. The standard InChI is InChI=1S/C16H20O2/c1-16(2,3)15(17)8-6-5-7-13-9-11-14(18-4)12-10-13/h5-12H,1-4H3/b7-5+,8-6+. The number of benzene rings is 1. The van der Waals surface area contributed by atoms with Crippen LogP contribution < -0.4 is 4.74 Å². The van der Waals surface area contributed by atoms with Crippen LogP contribution in [0.2, 0.25) is 0 Å². The largest absolute Gasteiger partial charge is 0.497 e. The highest BCUT2D eigenvalue weighted by atomic mass is 16.5. The van der Waals surface area contributed by atoms with E-state index in [1.807, 2.05) is 57.2 Å². The minimum Gasteiger partial charge on any atom is -0.497 e. The molecule has 0 aromatic heterocycles. The topological polar surface area (TPSA) is 26.3 Å². The lowest BCUT2D eigenvalue weighted by atomic mass is 9.91. The first-order valence-corrected chi connectivity index (χ1v) is 5.97. The molecule has 18 heavy (non-hydrogen) atoms. The summed E-state index contributed by atoms with van der Waals surface area (Å²) in [4.78, 5) is 11.6. The molecule has 0 unspecified atom stereocenters. The third-order valence-corrected chi connectivity index (χ3v) is 2.50. The molecule has 0 spiro atoms. The molecule has 0 saturated heterocycles. The van der Waals surface area contributed by atoms with Gasteiger partial charge in [0.25, 0.3) is 0 Å². The Morgan fingerprint density at radius 2 is 1.72 bits per heavy atom. The van der Waals surface area contributed by atoms with Crippen molar-refractivity contribution in [3.63, 3.8) is 0 Å². The molecular weight excluding hydrogens is 224 g/mol. The zero-order chi connectivity index (χ0) is 13.6. The van der Waals surface area contributed by atoms with Gasteiger partial charge in [-0.15, -0.1) is 0 Å². The maximum atomic E-state index is 11.6. The number of rotatable bonds is 4. The highest BCUT2D eigenvalue weighted by Gasteiger charge is 2.17. The van der Waals surface area contributed by atoms with Crippen LogP contribution in [0.15, 0.2) is 42.5 Å². The summed E-state index contributed by atoms with van der Waals surface area (Å²) in [5.41, 5.74) is 0.758. The van der Waals surface area contributed by atoms with Crippen molar-refractivity contribution >= 4 is 11.9 Å². The monoisotopic (exact) mass is 244 g/mol. The van der Waals surface area contributed by atoms with Gasteiger partial charge in [0.15, 0.2) is 5.78 Å². The molecular formula is C16H20O2. The van der Waals surface area contributed by atoms with Crippen LogP contribution >= 0.6 is 0 Å². The average Bonchev–Trinajstić information content (AvgIpc) is 2.34. The van der Waals surface area contributed by atoms with Gasteiger partial charge in [0.05, 0.1) is 7.11 Å². The summed E-state index contributed by atoms with van der Waals surface area (Å²) < 4.78 is 5.08. The SMILES string of the molecule is COc1ccc(/C=C/C=C/C(=O)C(C)(C)C)cc1. The summed E-state index contributed by atoms with van der Waals surface area (Å²) in [6.45, 7) is 5.73. The van der Waals surface area contributed by atoms with Gasteiger partial charge < -0.3 is 4.74 Å². The van der Waals surface area contributed by atoms with Crippen LogP contribution in [0.4, 0.5) is 0 Å². The Balaban J connectivity index is 2.59. The number of allylic oxidation sites excluding steroid dienone is 3. The van der Waals surface area contributed by atoms with Crippen LogP contribution in [0.5, 0.6) is 5.75 Å².